The van der Waals surface area contributed by atoms with Crippen LogP contribution in [0.3, 0.4) is 0 Å². The van der Waals surface area contributed by atoms with Crippen molar-refractivity contribution in [2.75, 3.05) is 13.2 Å². The van der Waals surface area contributed by atoms with Crippen molar-refractivity contribution in [3.63, 3.8) is 0 Å². The van der Waals surface area contributed by atoms with Crippen molar-refractivity contribution in [1.82, 2.24) is 10.3 Å². The SMILES string of the molecule is Cc1nc(CNCC2CCCC2CO)sc1C. The Balaban J connectivity index is 1.75. The number of rotatable bonds is 5. The third-order valence-electron chi connectivity index (χ3n) is 3.81. The predicted molar refractivity (Wildman–Crippen MR) is 71.2 cm³/mol. The van der Waals surface area contributed by atoms with E-state index >= 15 is 0 Å². The highest BCUT2D eigenvalue weighted by Crippen LogP contribution is 2.30. The van der Waals surface area contributed by atoms with Crippen molar-refractivity contribution in [3.05, 3.63) is 15.6 Å². The Labute approximate surface area is 107 Å². The lowest BCUT2D eigenvalue weighted by atomic mass is 9.97. The minimum atomic E-state index is 0.349. The lowest BCUT2D eigenvalue weighted by Crippen LogP contribution is -2.26. The van der Waals surface area contributed by atoms with Crippen LogP contribution in [-0.4, -0.2) is 23.2 Å². The monoisotopic (exact) mass is 254 g/mol. The topological polar surface area (TPSA) is 45.2 Å². The van der Waals surface area contributed by atoms with Gasteiger partial charge in [0, 0.05) is 18.0 Å². The van der Waals surface area contributed by atoms with Gasteiger partial charge in [-0.05, 0) is 45.1 Å². The molecule has 1 fully saturated rings. The highest BCUT2D eigenvalue weighted by Gasteiger charge is 2.25. The first-order valence-corrected chi connectivity index (χ1v) is 7.27. The maximum absolute atomic E-state index is 9.25. The summed E-state index contributed by atoms with van der Waals surface area (Å²) >= 11 is 1.78. The molecule has 0 radical (unpaired) electrons. The van der Waals surface area contributed by atoms with E-state index < -0.39 is 0 Å². The van der Waals surface area contributed by atoms with Crippen LogP contribution in [0, 0.1) is 25.7 Å². The van der Waals surface area contributed by atoms with Crippen molar-refractivity contribution in [3.8, 4) is 0 Å². The minimum Gasteiger partial charge on any atom is -0.396 e. The summed E-state index contributed by atoms with van der Waals surface area (Å²) in [5.74, 6) is 1.17. The zero-order chi connectivity index (χ0) is 12.3. The maximum atomic E-state index is 9.25. The lowest BCUT2D eigenvalue weighted by Gasteiger charge is -2.17. The Hall–Kier alpha value is -0.450. The molecule has 1 aromatic heterocycles. The molecule has 4 heteroatoms. The van der Waals surface area contributed by atoms with E-state index in [1.807, 2.05) is 0 Å². The number of aromatic nitrogens is 1. The molecule has 2 unspecified atom stereocenters. The Morgan fingerprint density at radius 2 is 2.12 bits per heavy atom. The molecule has 1 saturated carbocycles. The molecule has 0 amide bonds. The molecule has 96 valence electrons. The van der Waals surface area contributed by atoms with E-state index in [4.69, 9.17) is 0 Å². The van der Waals surface area contributed by atoms with Crippen LogP contribution in [0.2, 0.25) is 0 Å². The number of thiazole rings is 1. The molecular weight excluding hydrogens is 232 g/mol. The van der Waals surface area contributed by atoms with Crippen LogP contribution in [0.1, 0.15) is 34.8 Å². The first-order chi connectivity index (χ1) is 8.20. The fourth-order valence-corrected chi connectivity index (χ4v) is 3.51. The van der Waals surface area contributed by atoms with Crippen LogP contribution >= 0.6 is 11.3 Å². The van der Waals surface area contributed by atoms with Crippen molar-refractivity contribution < 1.29 is 5.11 Å². The van der Waals surface area contributed by atoms with Gasteiger partial charge >= 0.3 is 0 Å². The van der Waals surface area contributed by atoms with Crippen molar-refractivity contribution in [2.45, 2.75) is 39.7 Å². The van der Waals surface area contributed by atoms with Gasteiger partial charge in [0.05, 0.1) is 5.69 Å². The maximum Gasteiger partial charge on any atom is 0.107 e. The zero-order valence-corrected chi connectivity index (χ0v) is 11.5. The third-order valence-corrected chi connectivity index (χ3v) is 4.88. The van der Waals surface area contributed by atoms with Crippen LogP contribution in [0.5, 0.6) is 0 Å². The summed E-state index contributed by atoms with van der Waals surface area (Å²) in [5, 5.41) is 13.9. The summed E-state index contributed by atoms with van der Waals surface area (Å²) < 4.78 is 0. The molecule has 2 N–H and O–H groups in total. The van der Waals surface area contributed by atoms with E-state index in [-0.39, 0.29) is 0 Å². The number of nitrogens with one attached hydrogen (secondary N) is 1. The first kappa shape index (κ1) is 13.0. The molecule has 1 aliphatic rings. The highest BCUT2D eigenvalue weighted by molar-refractivity contribution is 7.11. The molecule has 0 spiro atoms. The van der Waals surface area contributed by atoms with Crippen molar-refractivity contribution >= 4 is 11.3 Å². The van der Waals surface area contributed by atoms with Gasteiger partial charge in [-0.25, -0.2) is 4.98 Å². The predicted octanol–water partition coefficient (Wildman–Crippen LogP) is 2.26. The zero-order valence-electron chi connectivity index (χ0n) is 10.7. The number of aliphatic hydroxyl groups is 1. The van der Waals surface area contributed by atoms with Gasteiger partial charge in [0.15, 0.2) is 0 Å². The molecule has 2 atom stereocenters. The quantitative estimate of drug-likeness (QED) is 0.847. The standard InChI is InChI=1S/C13H22N2OS/c1-9-10(2)17-13(15-9)7-14-6-11-4-3-5-12(11)8-16/h11-12,14,16H,3-8H2,1-2H3. The lowest BCUT2D eigenvalue weighted by molar-refractivity contribution is 0.192. The summed E-state index contributed by atoms with van der Waals surface area (Å²) in [7, 11) is 0. The van der Waals surface area contributed by atoms with Gasteiger partial charge in [0.1, 0.15) is 5.01 Å². The van der Waals surface area contributed by atoms with Crippen LogP contribution in [0.15, 0.2) is 0 Å². The normalized spacial score (nSPS) is 24.4. The number of nitrogens with zero attached hydrogens (tertiary/aromatic N) is 1. The van der Waals surface area contributed by atoms with E-state index in [2.05, 4.69) is 24.1 Å². The first-order valence-electron chi connectivity index (χ1n) is 6.45. The van der Waals surface area contributed by atoms with Gasteiger partial charge in [-0.15, -0.1) is 11.3 Å². The molecule has 0 saturated heterocycles. The molecule has 0 aliphatic heterocycles. The highest BCUT2D eigenvalue weighted by atomic mass is 32.1. The van der Waals surface area contributed by atoms with Crippen LogP contribution in [0.25, 0.3) is 0 Å². The van der Waals surface area contributed by atoms with E-state index in [0.29, 0.717) is 18.4 Å². The molecule has 1 aliphatic carbocycles. The third kappa shape index (κ3) is 3.27. The van der Waals surface area contributed by atoms with Gasteiger partial charge in [0.2, 0.25) is 0 Å². The van der Waals surface area contributed by atoms with Crippen molar-refractivity contribution in [2.24, 2.45) is 11.8 Å². The van der Waals surface area contributed by atoms with Gasteiger partial charge in [0.25, 0.3) is 0 Å². The van der Waals surface area contributed by atoms with Crippen LogP contribution in [0.4, 0.5) is 0 Å². The number of aliphatic hydroxyl groups excluding tert-OH is 1. The molecule has 0 aromatic carbocycles. The molecule has 3 nitrogen and oxygen atoms in total. The molecule has 0 bridgehead atoms. The largest absolute Gasteiger partial charge is 0.396 e. The van der Waals surface area contributed by atoms with Crippen molar-refractivity contribution in [1.29, 1.82) is 0 Å². The fraction of sp³-hybridized carbons (Fsp3) is 0.769. The molecule has 17 heavy (non-hydrogen) atoms. The minimum absolute atomic E-state index is 0.349. The molecular formula is C13H22N2OS. The summed E-state index contributed by atoms with van der Waals surface area (Å²) in [6.45, 7) is 6.42. The number of hydrogen-bond donors (Lipinski definition) is 2. The summed E-state index contributed by atoms with van der Waals surface area (Å²) in [4.78, 5) is 5.84. The van der Waals surface area contributed by atoms with E-state index in [9.17, 15) is 5.11 Å². The average molecular weight is 254 g/mol. The van der Waals surface area contributed by atoms with E-state index in [1.165, 1.54) is 29.1 Å². The molecule has 2 rings (SSSR count). The van der Waals surface area contributed by atoms with Gasteiger partial charge in [-0.2, -0.15) is 0 Å². The van der Waals surface area contributed by atoms with Gasteiger partial charge < -0.3 is 10.4 Å². The smallest absolute Gasteiger partial charge is 0.107 e. The Bertz CT molecular complexity index is 345. The summed E-state index contributed by atoms with van der Waals surface area (Å²) in [6, 6.07) is 0. The van der Waals surface area contributed by atoms with E-state index in [1.54, 1.807) is 11.3 Å². The average Bonchev–Trinajstić information content (AvgIpc) is 2.87. The van der Waals surface area contributed by atoms with E-state index in [0.717, 1.165) is 18.8 Å². The van der Waals surface area contributed by atoms with Gasteiger partial charge in [-0.3, -0.25) is 0 Å². The molecule has 1 heterocycles. The second-order valence-electron chi connectivity index (χ2n) is 5.01. The van der Waals surface area contributed by atoms with Crippen LogP contribution in [-0.2, 0) is 6.54 Å². The second-order valence-corrected chi connectivity index (χ2v) is 6.30. The fourth-order valence-electron chi connectivity index (χ4n) is 2.60. The Morgan fingerprint density at radius 1 is 1.35 bits per heavy atom. The van der Waals surface area contributed by atoms with Gasteiger partial charge in [-0.1, -0.05) is 6.42 Å². The molecule has 1 aromatic rings. The summed E-state index contributed by atoms with van der Waals surface area (Å²) in [6.07, 6.45) is 3.72. The Morgan fingerprint density at radius 3 is 2.76 bits per heavy atom. The number of aryl methyl sites for hydroxylation is 2. The number of hydrogen-bond acceptors (Lipinski definition) is 4. The second kappa shape index (κ2) is 5.94. The van der Waals surface area contributed by atoms with Crippen LogP contribution < -0.4 is 5.32 Å². The Kier molecular flexibility index (Phi) is 4.54. The summed E-state index contributed by atoms with van der Waals surface area (Å²) in [5.41, 5.74) is 1.15.